The minimum Gasteiger partial charge on any atom is -0.296 e. The van der Waals surface area contributed by atoms with Gasteiger partial charge >= 0.3 is 0 Å². The zero-order valence-electron chi connectivity index (χ0n) is 9.99. The molecule has 1 aliphatic carbocycles. The summed E-state index contributed by atoms with van der Waals surface area (Å²) in [6, 6.07) is 9.81. The maximum absolute atomic E-state index is 2.72. The van der Waals surface area contributed by atoms with Gasteiger partial charge in [-0.25, -0.2) is 0 Å². The van der Waals surface area contributed by atoms with Crippen LogP contribution < -0.4 is 0 Å². The minimum atomic E-state index is 0.727. The number of nitrogens with zero attached hydrogens (tertiary/aromatic N) is 1. The lowest BCUT2D eigenvalue weighted by Crippen LogP contribution is -2.35. The summed E-state index contributed by atoms with van der Waals surface area (Å²) in [5.41, 5.74) is 3.22. The summed E-state index contributed by atoms with van der Waals surface area (Å²) in [7, 11) is 0. The molecule has 16 heavy (non-hydrogen) atoms. The average Bonchev–Trinajstić information content (AvgIpc) is 2.39. The monoisotopic (exact) mass is 215 g/mol. The van der Waals surface area contributed by atoms with Crippen molar-refractivity contribution in [1.82, 2.24) is 4.90 Å². The van der Waals surface area contributed by atoms with Crippen molar-refractivity contribution in [3.05, 3.63) is 35.4 Å². The number of hydrogen-bond donors (Lipinski definition) is 0. The summed E-state index contributed by atoms with van der Waals surface area (Å²) >= 11 is 0. The molecule has 1 aromatic carbocycles. The van der Waals surface area contributed by atoms with Gasteiger partial charge < -0.3 is 0 Å². The van der Waals surface area contributed by atoms with Gasteiger partial charge in [-0.1, -0.05) is 30.7 Å². The smallest absolute Gasteiger partial charge is 0.0350 e. The molecule has 0 saturated carbocycles. The Kier molecular flexibility index (Phi) is 2.96. The van der Waals surface area contributed by atoms with E-state index in [9.17, 15) is 0 Å². The molecule has 0 aromatic heterocycles. The predicted octanol–water partition coefficient (Wildman–Crippen LogP) is 3.55. The van der Waals surface area contributed by atoms with Gasteiger partial charge in [0, 0.05) is 6.04 Å². The maximum atomic E-state index is 2.72. The second-order valence-corrected chi connectivity index (χ2v) is 5.20. The highest BCUT2D eigenvalue weighted by molar-refractivity contribution is 5.32. The van der Waals surface area contributed by atoms with Crippen LogP contribution in [0.2, 0.25) is 0 Å². The fourth-order valence-corrected chi connectivity index (χ4v) is 3.34. The molecule has 1 aromatic rings. The van der Waals surface area contributed by atoms with E-state index >= 15 is 0 Å². The third-order valence-electron chi connectivity index (χ3n) is 4.17. The molecule has 1 aliphatic heterocycles. The van der Waals surface area contributed by atoms with Gasteiger partial charge in [-0.2, -0.15) is 0 Å². The topological polar surface area (TPSA) is 3.24 Å². The van der Waals surface area contributed by atoms with Crippen molar-refractivity contribution in [3.8, 4) is 0 Å². The first-order valence-corrected chi connectivity index (χ1v) is 6.77. The Bertz CT molecular complexity index is 352. The standard InChI is InChI=1S/C15H21N/c1-4-11-16(12-5-1)15-10-6-8-13-7-2-3-9-14(13)15/h2-3,7,9,15H,1,4-6,8,10-12H2/t15-/m1/s1. The summed E-state index contributed by atoms with van der Waals surface area (Å²) in [4.78, 5) is 2.72. The molecular weight excluding hydrogens is 194 g/mol. The highest BCUT2D eigenvalue weighted by atomic mass is 15.2. The van der Waals surface area contributed by atoms with Crippen molar-refractivity contribution >= 4 is 0 Å². The lowest BCUT2D eigenvalue weighted by Gasteiger charge is -2.38. The second kappa shape index (κ2) is 4.58. The lowest BCUT2D eigenvalue weighted by atomic mass is 9.86. The first-order chi connectivity index (χ1) is 7.95. The molecule has 0 N–H and O–H groups in total. The third-order valence-corrected chi connectivity index (χ3v) is 4.17. The average molecular weight is 215 g/mol. The predicted molar refractivity (Wildman–Crippen MR) is 67.5 cm³/mol. The first-order valence-electron chi connectivity index (χ1n) is 6.77. The van der Waals surface area contributed by atoms with E-state index in [1.54, 1.807) is 11.1 Å². The molecule has 1 heterocycles. The number of fused-ring (bicyclic) bond motifs is 1. The van der Waals surface area contributed by atoms with Gasteiger partial charge in [0.2, 0.25) is 0 Å². The number of piperidine rings is 1. The first kappa shape index (κ1) is 10.3. The van der Waals surface area contributed by atoms with Gasteiger partial charge in [0.15, 0.2) is 0 Å². The molecule has 1 fully saturated rings. The van der Waals surface area contributed by atoms with E-state index in [1.165, 1.54) is 51.6 Å². The van der Waals surface area contributed by atoms with Crippen molar-refractivity contribution in [1.29, 1.82) is 0 Å². The maximum Gasteiger partial charge on any atom is 0.0350 e. The Morgan fingerprint density at radius 2 is 1.75 bits per heavy atom. The van der Waals surface area contributed by atoms with Crippen molar-refractivity contribution in [2.45, 2.75) is 44.6 Å². The Hall–Kier alpha value is -0.820. The fourth-order valence-electron chi connectivity index (χ4n) is 3.34. The van der Waals surface area contributed by atoms with Crippen LogP contribution in [0.4, 0.5) is 0 Å². The molecule has 86 valence electrons. The van der Waals surface area contributed by atoms with Crippen molar-refractivity contribution in [3.63, 3.8) is 0 Å². The lowest BCUT2D eigenvalue weighted by molar-refractivity contribution is 0.148. The highest BCUT2D eigenvalue weighted by Gasteiger charge is 2.26. The van der Waals surface area contributed by atoms with Crippen LogP contribution in [-0.2, 0) is 6.42 Å². The third kappa shape index (κ3) is 1.89. The minimum absolute atomic E-state index is 0.727. The SMILES string of the molecule is c1ccc2c(c1)CCC[C@H]2N1CCCCC1. The van der Waals surface area contributed by atoms with Gasteiger partial charge in [0.1, 0.15) is 0 Å². The molecule has 1 heteroatoms. The van der Waals surface area contributed by atoms with Crippen LogP contribution in [0.3, 0.4) is 0 Å². The molecule has 0 radical (unpaired) electrons. The molecule has 0 unspecified atom stereocenters. The quantitative estimate of drug-likeness (QED) is 0.692. The molecular formula is C15H21N. The normalized spacial score (nSPS) is 26.4. The zero-order chi connectivity index (χ0) is 10.8. The summed E-state index contributed by atoms with van der Waals surface area (Å²) in [6.45, 7) is 2.64. The van der Waals surface area contributed by atoms with Crippen LogP contribution in [0, 0.1) is 0 Å². The van der Waals surface area contributed by atoms with E-state index in [4.69, 9.17) is 0 Å². The summed E-state index contributed by atoms with van der Waals surface area (Å²) in [6.07, 6.45) is 8.28. The van der Waals surface area contributed by atoms with Crippen molar-refractivity contribution < 1.29 is 0 Å². The Labute approximate surface area is 98.5 Å². The Balaban J connectivity index is 1.86. The number of likely N-dealkylation sites (tertiary alicyclic amines) is 1. The van der Waals surface area contributed by atoms with E-state index < -0.39 is 0 Å². The van der Waals surface area contributed by atoms with E-state index in [0.29, 0.717) is 0 Å². The Morgan fingerprint density at radius 1 is 0.938 bits per heavy atom. The molecule has 0 amide bonds. The van der Waals surface area contributed by atoms with Gasteiger partial charge in [0.25, 0.3) is 0 Å². The molecule has 2 aliphatic rings. The Morgan fingerprint density at radius 3 is 2.62 bits per heavy atom. The van der Waals surface area contributed by atoms with Crippen LogP contribution in [0.1, 0.15) is 49.3 Å². The second-order valence-electron chi connectivity index (χ2n) is 5.20. The number of benzene rings is 1. The van der Waals surface area contributed by atoms with Crippen molar-refractivity contribution in [2.75, 3.05) is 13.1 Å². The summed E-state index contributed by atoms with van der Waals surface area (Å²) in [5.74, 6) is 0. The number of rotatable bonds is 1. The molecule has 3 rings (SSSR count). The molecule has 0 bridgehead atoms. The highest BCUT2D eigenvalue weighted by Crippen LogP contribution is 2.35. The van der Waals surface area contributed by atoms with E-state index in [1.807, 2.05) is 0 Å². The number of aryl methyl sites for hydroxylation is 1. The van der Waals surface area contributed by atoms with Crippen LogP contribution >= 0.6 is 0 Å². The van der Waals surface area contributed by atoms with E-state index in [2.05, 4.69) is 29.2 Å². The van der Waals surface area contributed by atoms with Crippen molar-refractivity contribution in [2.24, 2.45) is 0 Å². The van der Waals surface area contributed by atoms with E-state index in [0.717, 1.165) is 6.04 Å². The summed E-state index contributed by atoms with van der Waals surface area (Å²) in [5, 5.41) is 0. The van der Waals surface area contributed by atoms with Crippen LogP contribution in [0.15, 0.2) is 24.3 Å². The van der Waals surface area contributed by atoms with Gasteiger partial charge in [-0.3, -0.25) is 4.90 Å². The number of hydrogen-bond acceptors (Lipinski definition) is 1. The largest absolute Gasteiger partial charge is 0.296 e. The van der Waals surface area contributed by atoms with Crippen LogP contribution in [-0.4, -0.2) is 18.0 Å². The zero-order valence-corrected chi connectivity index (χ0v) is 9.99. The molecule has 1 nitrogen and oxygen atoms in total. The van der Waals surface area contributed by atoms with Gasteiger partial charge in [0.05, 0.1) is 0 Å². The fraction of sp³-hybridized carbons (Fsp3) is 0.600. The van der Waals surface area contributed by atoms with Crippen LogP contribution in [0.25, 0.3) is 0 Å². The molecule has 0 spiro atoms. The molecule has 1 atom stereocenters. The summed E-state index contributed by atoms with van der Waals surface area (Å²) < 4.78 is 0. The van der Waals surface area contributed by atoms with Crippen LogP contribution in [0.5, 0.6) is 0 Å². The van der Waals surface area contributed by atoms with E-state index in [-0.39, 0.29) is 0 Å². The molecule has 1 saturated heterocycles. The van der Waals surface area contributed by atoms with Gasteiger partial charge in [-0.05, 0) is 56.3 Å². The van der Waals surface area contributed by atoms with Gasteiger partial charge in [-0.15, -0.1) is 0 Å².